The van der Waals surface area contributed by atoms with Crippen molar-refractivity contribution in [2.24, 2.45) is 11.5 Å². The van der Waals surface area contributed by atoms with Gasteiger partial charge >= 0.3 is 5.97 Å². The molecule has 3 heterocycles. The third-order valence-corrected chi connectivity index (χ3v) is 17.9. The van der Waals surface area contributed by atoms with Gasteiger partial charge in [-0.15, -0.1) is 0 Å². The van der Waals surface area contributed by atoms with Crippen molar-refractivity contribution in [1.82, 2.24) is 73.4 Å². The Bertz CT molecular complexity index is 4040. The van der Waals surface area contributed by atoms with E-state index in [9.17, 15) is 113 Å². The maximum Gasteiger partial charge on any atom is 0.326 e. The van der Waals surface area contributed by atoms with Gasteiger partial charge in [-0.2, -0.15) is 0 Å². The van der Waals surface area contributed by atoms with Crippen molar-refractivity contribution in [3.8, 4) is 0 Å². The zero-order valence-corrected chi connectivity index (χ0v) is 61.1. The highest BCUT2D eigenvalue weighted by Crippen LogP contribution is 2.23. The maximum atomic E-state index is 14.9. The van der Waals surface area contributed by atoms with Crippen molar-refractivity contribution in [3.63, 3.8) is 0 Å². The van der Waals surface area contributed by atoms with Crippen LogP contribution in [0.4, 0.5) is 0 Å². The van der Waals surface area contributed by atoms with Gasteiger partial charge in [0.05, 0.1) is 75.5 Å². The number of β-amino-alcohol motifs (C(OH)–C–C–N with tert-alkyl or cyclic N) is 1. The minimum absolute atomic E-state index is 0.229. The van der Waals surface area contributed by atoms with Crippen molar-refractivity contribution in [3.05, 3.63) is 142 Å². The van der Waals surface area contributed by atoms with Gasteiger partial charge < -0.3 is 121 Å². The van der Waals surface area contributed by atoms with Crippen molar-refractivity contribution < 1.29 is 113 Å². The lowest BCUT2D eigenvalue weighted by Crippen LogP contribution is -2.64. The molecular formula is C70H89BrN16O23. The van der Waals surface area contributed by atoms with Gasteiger partial charge in [0, 0.05) is 42.3 Å². The Kier molecular flexibility index (Phi) is 33.3. The quantitative estimate of drug-likeness (QED) is 0.0463. The third kappa shape index (κ3) is 26.8. The SMILES string of the molecule is CC(C=Cc1ccccc1)=CC(O)C1CC(=O)NC(CO)C(=O)NC2Cn3cnc(c3)CC(NC(=O)CC(O)CC(C(=O)O)NC(=O)C(O)CNC(=O)C(C(C)c3ccc(Br)cc3)NC(=O)C(C(O)C(N)=O)NC(=O)C(CC(N)=O)NC2=O)C(=O)NC(C(C)O)C(=O)NC(CO)C(=O)NC(Cc2ccccc2)C(=O)N1. The van der Waals surface area contributed by atoms with Gasteiger partial charge in [-0.25, -0.2) is 9.78 Å². The number of fused-ring (bicyclic) bond motifs is 2. The summed E-state index contributed by atoms with van der Waals surface area (Å²) < 4.78 is 1.58. The number of aliphatic hydroxyl groups is 7. The van der Waals surface area contributed by atoms with Crippen LogP contribution < -0.4 is 75.3 Å². The first-order valence-electron chi connectivity index (χ1n) is 34.3. The number of nitrogens with zero attached hydrogens (tertiary/aromatic N) is 2. The van der Waals surface area contributed by atoms with E-state index < -0.39 is 250 Å². The molecule has 110 heavy (non-hydrogen) atoms. The van der Waals surface area contributed by atoms with Gasteiger partial charge in [-0.3, -0.25) is 67.1 Å². The average Bonchev–Trinajstić information content (AvgIpc) is 0.883. The number of hydrogen-bond acceptors (Lipinski definition) is 23. The fourth-order valence-corrected chi connectivity index (χ4v) is 11.6. The second-order valence-corrected chi connectivity index (χ2v) is 27.0. The molecule has 3 aromatic carbocycles. The Labute approximate surface area is 636 Å². The van der Waals surface area contributed by atoms with Crippen LogP contribution in [0, 0.1) is 0 Å². The molecule has 2 aliphatic heterocycles. The zero-order chi connectivity index (χ0) is 81.2. The molecule has 1 aromatic heterocycles. The molecule has 0 radical (unpaired) electrons. The average molecular weight is 1600 g/mol. The molecule has 4 bridgehead atoms. The number of carboxylic acids is 1. The lowest BCUT2D eigenvalue weighted by Gasteiger charge is -2.30. The summed E-state index contributed by atoms with van der Waals surface area (Å²) in [5.41, 5.74) is 12.6. The van der Waals surface area contributed by atoms with E-state index in [0.29, 0.717) is 21.2 Å². The fraction of sp³-hybridized carbons (Fsp3) is 0.429. The first kappa shape index (κ1) is 87.5. The summed E-state index contributed by atoms with van der Waals surface area (Å²) in [6, 6.07) is 0.335. The van der Waals surface area contributed by atoms with Crippen molar-refractivity contribution in [2.45, 2.75) is 169 Å². The van der Waals surface area contributed by atoms with E-state index in [1.807, 2.05) is 10.6 Å². The smallest absolute Gasteiger partial charge is 0.326 e. The summed E-state index contributed by atoms with van der Waals surface area (Å²) in [7, 11) is 0. The lowest BCUT2D eigenvalue weighted by molar-refractivity contribution is -0.144. The summed E-state index contributed by atoms with van der Waals surface area (Å²) >= 11 is 3.28. The Morgan fingerprint density at radius 1 is 0.600 bits per heavy atom. The van der Waals surface area contributed by atoms with Gasteiger partial charge in [-0.1, -0.05) is 119 Å². The summed E-state index contributed by atoms with van der Waals surface area (Å²) in [6.07, 6.45) is -9.55. The molecule has 4 aromatic rings. The highest BCUT2D eigenvalue weighted by Gasteiger charge is 2.42. The van der Waals surface area contributed by atoms with Gasteiger partial charge in [0.1, 0.15) is 66.5 Å². The van der Waals surface area contributed by atoms with Crippen LogP contribution >= 0.6 is 15.9 Å². The number of carboxylic acid groups (broad SMARTS) is 1. The van der Waals surface area contributed by atoms with E-state index in [-0.39, 0.29) is 12.1 Å². The molecule has 2 aliphatic rings. The van der Waals surface area contributed by atoms with Crippen molar-refractivity contribution in [2.75, 3.05) is 19.8 Å². The zero-order valence-electron chi connectivity index (χ0n) is 59.5. The standard InChI is InChI=1S/C70H89BrN16O23/c1-33(14-15-36-10-6-4-7-11-36)20-50(92)42-26-54(96)77-48(30-88)64(103)82-47-29-87-28-40(75-32-87)22-44(61(100)85-56(35(3)90)68(107)83-49(31-89)65(104)79-43(60(99)78-42)21-37-12-8-5-9-13-37)76-53(95)24-41(91)23-46(70(109)110)81-66(105)51(93)27-74-67(106)55(34(2)38-16-18-39(71)19-17-38)84-69(108)57(58(97)59(73)98)86-62(101)45(25-52(72)94)80-63(47)102/h4-20,28,32,34-35,41-51,55-58,88-93,97H,21-27,29-31H2,1-3H3,(H2,72,94)(H2,73,98)(H,74,106)(H,76,95)(H,77,96)(H,78,99)(H,79,104)(H,80,102)(H,81,105)(H,82,103)(H,83,107)(H,84,108)(H,85,100)(H,86,101)(H,109,110). The fourth-order valence-electron chi connectivity index (χ4n) is 11.3. The number of rotatable bonds is 16. The van der Waals surface area contributed by atoms with E-state index in [1.54, 1.807) is 79.7 Å². The molecule has 40 heteroatoms. The molecule has 0 aliphatic carbocycles. The number of imidazole rings is 1. The van der Waals surface area contributed by atoms with Crippen LogP contribution in [0.15, 0.2) is 120 Å². The third-order valence-electron chi connectivity index (χ3n) is 17.3. The molecule has 0 spiro atoms. The number of hydrogen-bond donors (Lipinski definition) is 22. The summed E-state index contributed by atoms with van der Waals surface area (Å²) in [5, 5.41) is 115. The Hall–Kier alpha value is -11.4. The second-order valence-electron chi connectivity index (χ2n) is 26.1. The number of allylic oxidation sites excluding steroid dienone is 2. The Balaban J connectivity index is 1.51. The number of benzene rings is 3. The number of aliphatic carboxylic acids is 1. The number of nitrogens with one attached hydrogen (secondary N) is 12. The number of aliphatic hydroxyl groups excluding tert-OH is 7. The largest absolute Gasteiger partial charge is 0.480 e. The Morgan fingerprint density at radius 3 is 1.77 bits per heavy atom. The summed E-state index contributed by atoms with van der Waals surface area (Å²) in [4.78, 5) is 215. The predicted octanol–water partition coefficient (Wildman–Crippen LogP) is -8.21. The monoisotopic (exact) mass is 1600 g/mol. The summed E-state index contributed by atoms with van der Waals surface area (Å²) in [6.45, 7) is -0.428. The van der Waals surface area contributed by atoms with Crippen LogP contribution in [0.1, 0.15) is 74.8 Å². The molecule has 6 rings (SSSR count). The molecule has 594 valence electrons. The highest BCUT2D eigenvalue weighted by atomic mass is 79.9. The van der Waals surface area contributed by atoms with Crippen LogP contribution in [-0.2, 0) is 91.3 Å². The number of nitrogens with two attached hydrogens (primary N) is 2. The maximum absolute atomic E-state index is 14.9. The van der Waals surface area contributed by atoms with Crippen LogP contribution in [0.3, 0.4) is 0 Å². The van der Waals surface area contributed by atoms with Gasteiger partial charge in [-0.05, 0) is 42.7 Å². The number of amides is 14. The second kappa shape index (κ2) is 41.8. The molecule has 39 nitrogen and oxygen atoms in total. The topological polar surface area (TPSA) is 632 Å². The molecule has 24 N–H and O–H groups in total. The number of primary amides is 2. The predicted molar refractivity (Wildman–Crippen MR) is 386 cm³/mol. The van der Waals surface area contributed by atoms with E-state index in [1.165, 1.54) is 37.3 Å². The van der Waals surface area contributed by atoms with Gasteiger partial charge in [0.2, 0.25) is 76.8 Å². The van der Waals surface area contributed by atoms with Crippen LogP contribution in [0.25, 0.3) is 6.08 Å². The molecule has 17 atom stereocenters. The molecule has 17 unspecified atom stereocenters. The van der Waals surface area contributed by atoms with Crippen LogP contribution in [0.2, 0.25) is 0 Å². The number of carbonyl (C=O) groups is 15. The van der Waals surface area contributed by atoms with Crippen LogP contribution in [0.5, 0.6) is 0 Å². The van der Waals surface area contributed by atoms with Gasteiger partial charge in [0.15, 0.2) is 6.10 Å². The number of carbonyl (C=O) groups excluding carboxylic acids is 14. The Morgan fingerprint density at radius 2 is 1.15 bits per heavy atom. The molecule has 0 saturated heterocycles. The number of aromatic nitrogens is 2. The van der Waals surface area contributed by atoms with Crippen molar-refractivity contribution in [1.29, 1.82) is 0 Å². The minimum Gasteiger partial charge on any atom is -0.480 e. The number of halogens is 1. The lowest BCUT2D eigenvalue weighted by atomic mass is 9.92. The molecular weight excluding hydrogens is 1510 g/mol. The molecule has 14 amide bonds. The first-order chi connectivity index (χ1) is 52.0. The molecule has 0 saturated carbocycles. The van der Waals surface area contributed by atoms with E-state index in [0.717, 1.165) is 29.6 Å². The first-order valence-corrected chi connectivity index (χ1v) is 35.1. The van der Waals surface area contributed by atoms with E-state index in [2.05, 4.69) is 74.1 Å². The summed E-state index contributed by atoms with van der Waals surface area (Å²) in [5.74, 6) is -22.3. The normalized spacial score (nSPS) is 26.2. The van der Waals surface area contributed by atoms with Crippen molar-refractivity contribution >= 4 is 111 Å². The van der Waals surface area contributed by atoms with Crippen LogP contribution in [-0.4, -0.2) is 256 Å². The highest BCUT2D eigenvalue weighted by molar-refractivity contribution is 9.10. The minimum atomic E-state index is -2.71. The van der Waals surface area contributed by atoms with E-state index in [4.69, 9.17) is 11.5 Å². The van der Waals surface area contributed by atoms with Gasteiger partial charge in [0.25, 0.3) is 5.91 Å². The van der Waals surface area contributed by atoms with E-state index >= 15 is 0 Å². The molecule has 0 fully saturated rings.